The average Bonchev–Trinajstić information content (AvgIpc) is 2.85. The van der Waals surface area contributed by atoms with Crippen LogP contribution >= 0.6 is 11.3 Å². The summed E-state index contributed by atoms with van der Waals surface area (Å²) in [5, 5.41) is 4.83. The molecule has 16 heavy (non-hydrogen) atoms. The van der Waals surface area contributed by atoms with Gasteiger partial charge in [-0.05, 0) is 12.8 Å². The number of hydrogen-bond donors (Lipinski definition) is 1. The highest BCUT2D eigenvalue weighted by atomic mass is 32.1. The smallest absolute Gasteiger partial charge is 0.308 e. The molecule has 0 aromatic carbocycles. The van der Waals surface area contributed by atoms with Crippen molar-refractivity contribution in [2.45, 2.75) is 44.4 Å². The van der Waals surface area contributed by atoms with Gasteiger partial charge in [0.1, 0.15) is 5.01 Å². The number of nitrogens with one attached hydrogen (secondary N) is 1. The first kappa shape index (κ1) is 11.9. The van der Waals surface area contributed by atoms with E-state index in [1.165, 1.54) is 12.8 Å². The molecule has 2 rings (SSSR count). The van der Waals surface area contributed by atoms with Gasteiger partial charge in [-0.25, -0.2) is 4.98 Å². The molecule has 1 saturated carbocycles. The highest BCUT2D eigenvalue weighted by molar-refractivity contribution is 7.09. The maximum Gasteiger partial charge on any atom is 0.434 e. The third-order valence-corrected chi connectivity index (χ3v) is 3.59. The Morgan fingerprint density at radius 3 is 2.62 bits per heavy atom. The van der Waals surface area contributed by atoms with Crippen molar-refractivity contribution in [1.29, 1.82) is 0 Å². The number of aromatic nitrogens is 1. The lowest BCUT2D eigenvalue weighted by Crippen LogP contribution is -2.25. The number of nitrogens with zero attached hydrogens (tertiary/aromatic N) is 1. The van der Waals surface area contributed by atoms with Gasteiger partial charge in [-0.1, -0.05) is 12.8 Å². The van der Waals surface area contributed by atoms with E-state index >= 15 is 0 Å². The van der Waals surface area contributed by atoms with Crippen molar-refractivity contribution in [1.82, 2.24) is 10.3 Å². The van der Waals surface area contributed by atoms with Gasteiger partial charge in [-0.15, -0.1) is 11.3 Å². The predicted octanol–water partition coefficient (Wildman–Crippen LogP) is 3.19. The van der Waals surface area contributed by atoms with Gasteiger partial charge in [0.05, 0.1) is 0 Å². The third-order valence-electron chi connectivity index (χ3n) is 2.74. The van der Waals surface area contributed by atoms with Gasteiger partial charge in [0.15, 0.2) is 5.69 Å². The molecule has 0 amide bonds. The Hall–Kier alpha value is -0.620. The first-order chi connectivity index (χ1) is 7.55. The Morgan fingerprint density at radius 2 is 2.06 bits per heavy atom. The lowest BCUT2D eigenvalue weighted by Gasteiger charge is -2.09. The summed E-state index contributed by atoms with van der Waals surface area (Å²) in [6.45, 7) is 0.450. The minimum absolute atomic E-state index is 0.450. The number of rotatable bonds is 3. The first-order valence-corrected chi connectivity index (χ1v) is 6.18. The molecule has 0 spiro atoms. The SMILES string of the molecule is FC(F)(F)c1csc(CNC2CCCC2)n1. The molecule has 0 bridgehead atoms. The molecule has 0 atom stereocenters. The van der Waals surface area contributed by atoms with Crippen LogP contribution in [0.15, 0.2) is 5.38 Å². The highest BCUT2D eigenvalue weighted by Crippen LogP contribution is 2.30. The highest BCUT2D eigenvalue weighted by Gasteiger charge is 2.33. The standard InChI is InChI=1S/C10H13F3N2S/c11-10(12,13)8-6-16-9(15-8)5-14-7-3-1-2-4-7/h6-7,14H,1-5H2. The van der Waals surface area contributed by atoms with Crippen molar-refractivity contribution in [3.63, 3.8) is 0 Å². The second-order valence-corrected chi connectivity index (χ2v) is 4.93. The van der Waals surface area contributed by atoms with Gasteiger partial charge in [-0.2, -0.15) is 13.2 Å². The molecule has 90 valence electrons. The van der Waals surface area contributed by atoms with Crippen molar-refractivity contribution >= 4 is 11.3 Å². The molecule has 1 fully saturated rings. The molecule has 1 aromatic rings. The predicted molar refractivity (Wildman–Crippen MR) is 56.2 cm³/mol. The van der Waals surface area contributed by atoms with Crippen LogP contribution in [-0.2, 0) is 12.7 Å². The minimum atomic E-state index is -4.32. The van der Waals surface area contributed by atoms with Crippen LogP contribution in [0.1, 0.15) is 36.4 Å². The number of halogens is 3. The second-order valence-electron chi connectivity index (χ2n) is 3.99. The zero-order valence-corrected chi connectivity index (χ0v) is 9.50. The Labute approximate surface area is 95.9 Å². The summed E-state index contributed by atoms with van der Waals surface area (Å²) in [5.74, 6) is 0. The van der Waals surface area contributed by atoms with Gasteiger partial charge in [0.2, 0.25) is 0 Å². The molecule has 0 saturated heterocycles. The van der Waals surface area contributed by atoms with E-state index in [1.54, 1.807) is 0 Å². The van der Waals surface area contributed by atoms with E-state index in [2.05, 4.69) is 10.3 Å². The zero-order chi connectivity index (χ0) is 11.6. The molecule has 1 aliphatic rings. The van der Waals surface area contributed by atoms with Gasteiger partial charge in [-0.3, -0.25) is 0 Å². The van der Waals surface area contributed by atoms with Crippen LogP contribution in [0.5, 0.6) is 0 Å². The van der Waals surface area contributed by atoms with Crippen LogP contribution in [0, 0.1) is 0 Å². The molecule has 1 aromatic heterocycles. The summed E-state index contributed by atoms with van der Waals surface area (Å²) in [7, 11) is 0. The zero-order valence-electron chi connectivity index (χ0n) is 8.68. The Morgan fingerprint density at radius 1 is 1.38 bits per heavy atom. The van der Waals surface area contributed by atoms with Crippen LogP contribution < -0.4 is 5.32 Å². The third kappa shape index (κ3) is 2.95. The molecule has 2 nitrogen and oxygen atoms in total. The summed E-state index contributed by atoms with van der Waals surface area (Å²) in [6, 6.07) is 0.457. The van der Waals surface area contributed by atoms with Crippen molar-refractivity contribution in [3.8, 4) is 0 Å². The maximum atomic E-state index is 12.3. The van der Waals surface area contributed by atoms with E-state index in [0.717, 1.165) is 29.6 Å². The van der Waals surface area contributed by atoms with Crippen molar-refractivity contribution in [2.75, 3.05) is 0 Å². The van der Waals surface area contributed by atoms with Crippen LogP contribution in [0.2, 0.25) is 0 Å². The second kappa shape index (κ2) is 4.71. The van der Waals surface area contributed by atoms with Crippen LogP contribution in [0.3, 0.4) is 0 Å². The van der Waals surface area contributed by atoms with E-state index in [0.29, 0.717) is 17.6 Å². The van der Waals surface area contributed by atoms with Crippen LogP contribution in [-0.4, -0.2) is 11.0 Å². The Kier molecular flexibility index (Phi) is 3.49. The number of hydrogen-bond acceptors (Lipinski definition) is 3. The summed E-state index contributed by atoms with van der Waals surface area (Å²) in [4.78, 5) is 3.57. The van der Waals surface area contributed by atoms with Gasteiger partial charge < -0.3 is 5.32 Å². The van der Waals surface area contributed by atoms with E-state index in [4.69, 9.17) is 0 Å². The molecular formula is C10H13F3N2S. The molecule has 0 aliphatic heterocycles. The lowest BCUT2D eigenvalue weighted by molar-refractivity contribution is -0.140. The monoisotopic (exact) mass is 250 g/mol. The number of alkyl halides is 3. The quantitative estimate of drug-likeness (QED) is 0.891. The maximum absolute atomic E-state index is 12.3. The summed E-state index contributed by atoms with van der Waals surface area (Å²) in [5.41, 5.74) is -0.777. The molecule has 1 aliphatic carbocycles. The van der Waals surface area contributed by atoms with E-state index < -0.39 is 11.9 Å². The molecule has 1 heterocycles. The van der Waals surface area contributed by atoms with Gasteiger partial charge >= 0.3 is 6.18 Å². The largest absolute Gasteiger partial charge is 0.434 e. The molecular weight excluding hydrogens is 237 g/mol. The average molecular weight is 250 g/mol. The first-order valence-electron chi connectivity index (χ1n) is 5.30. The van der Waals surface area contributed by atoms with E-state index in [1.807, 2.05) is 0 Å². The topological polar surface area (TPSA) is 24.9 Å². The summed E-state index contributed by atoms with van der Waals surface area (Å²) >= 11 is 1.07. The fraction of sp³-hybridized carbons (Fsp3) is 0.700. The molecule has 6 heteroatoms. The summed E-state index contributed by atoms with van der Waals surface area (Å²) < 4.78 is 36.8. The molecule has 0 radical (unpaired) electrons. The Bertz CT molecular complexity index is 342. The van der Waals surface area contributed by atoms with Gasteiger partial charge in [0, 0.05) is 18.0 Å². The van der Waals surface area contributed by atoms with Crippen molar-refractivity contribution in [2.24, 2.45) is 0 Å². The Balaban J connectivity index is 1.87. The van der Waals surface area contributed by atoms with Crippen molar-refractivity contribution < 1.29 is 13.2 Å². The van der Waals surface area contributed by atoms with Crippen LogP contribution in [0.4, 0.5) is 13.2 Å². The minimum Gasteiger partial charge on any atom is -0.308 e. The lowest BCUT2D eigenvalue weighted by atomic mass is 10.2. The van der Waals surface area contributed by atoms with Crippen molar-refractivity contribution in [3.05, 3.63) is 16.1 Å². The number of thiazole rings is 1. The summed E-state index contributed by atoms with van der Waals surface area (Å²) in [6.07, 6.45) is 0.351. The molecule has 0 unspecified atom stereocenters. The van der Waals surface area contributed by atoms with E-state index in [9.17, 15) is 13.2 Å². The fourth-order valence-corrected chi connectivity index (χ4v) is 2.64. The van der Waals surface area contributed by atoms with Gasteiger partial charge in [0.25, 0.3) is 0 Å². The van der Waals surface area contributed by atoms with Crippen LogP contribution in [0.25, 0.3) is 0 Å². The van der Waals surface area contributed by atoms with E-state index in [-0.39, 0.29) is 0 Å². The normalized spacial score (nSPS) is 18.2. The molecule has 1 N–H and O–H groups in total. The fourth-order valence-electron chi connectivity index (χ4n) is 1.88.